The van der Waals surface area contributed by atoms with E-state index in [0.717, 1.165) is 36.6 Å². The number of piperidine rings is 1. The zero-order valence-corrected chi connectivity index (χ0v) is 13.2. The SMILES string of the molecule is Cc1nc([C@@H]2C[C@H]3CCN(C(=O)c4ccsc4)C[C@@H]3O2)n[nH]1. The number of nitrogens with one attached hydrogen (secondary N) is 1. The molecule has 0 aliphatic carbocycles. The average Bonchev–Trinajstić information content (AvgIpc) is 3.25. The van der Waals surface area contributed by atoms with Gasteiger partial charge in [-0.2, -0.15) is 16.4 Å². The number of carbonyl (C=O) groups excluding carboxylic acids is 1. The third-order valence-corrected chi connectivity index (χ3v) is 5.19. The summed E-state index contributed by atoms with van der Waals surface area (Å²) in [6.45, 7) is 3.36. The van der Waals surface area contributed by atoms with Gasteiger partial charge in [0.15, 0.2) is 5.82 Å². The summed E-state index contributed by atoms with van der Waals surface area (Å²) in [7, 11) is 0. The number of aromatic amines is 1. The molecule has 0 spiro atoms. The van der Waals surface area contributed by atoms with Crippen LogP contribution in [-0.4, -0.2) is 45.2 Å². The van der Waals surface area contributed by atoms with Crippen LogP contribution in [0.3, 0.4) is 0 Å². The van der Waals surface area contributed by atoms with Gasteiger partial charge in [0.05, 0.1) is 11.7 Å². The van der Waals surface area contributed by atoms with Gasteiger partial charge in [0.1, 0.15) is 11.9 Å². The highest BCUT2D eigenvalue weighted by molar-refractivity contribution is 7.08. The number of fused-ring (bicyclic) bond motifs is 1. The molecule has 4 rings (SSSR count). The van der Waals surface area contributed by atoms with Crippen LogP contribution >= 0.6 is 11.3 Å². The van der Waals surface area contributed by atoms with Gasteiger partial charge in [0, 0.05) is 18.5 Å². The molecule has 7 heteroatoms. The highest BCUT2D eigenvalue weighted by atomic mass is 32.1. The predicted molar refractivity (Wildman–Crippen MR) is 81.7 cm³/mol. The average molecular weight is 318 g/mol. The summed E-state index contributed by atoms with van der Waals surface area (Å²) in [4.78, 5) is 18.7. The first kappa shape index (κ1) is 13.9. The van der Waals surface area contributed by atoms with Crippen LogP contribution in [0.1, 0.15) is 41.0 Å². The molecule has 22 heavy (non-hydrogen) atoms. The monoisotopic (exact) mass is 318 g/mol. The van der Waals surface area contributed by atoms with Crippen molar-refractivity contribution in [2.24, 2.45) is 5.92 Å². The Morgan fingerprint density at radius 3 is 3.18 bits per heavy atom. The molecular formula is C15H18N4O2S. The lowest BCUT2D eigenvalue weighted by atomic mass is 9.91. The molecule has 0 saturated carbocycles. The molecule has 2 aliphatic rings. The van der Waals surface area contributed by atoms with Crippen molar-refractivity contribution >= 4 is 17.2 Å². The van der Waals surface area contributed by atoms with E-state index in [1.807, 2.05) is 28.7 Å². The number of amides is 1. The van der Waals surface area contributed by atoms with Gasteiger partial charge in [0.25, 0.3) is 5.91 Å². The van der Waals surface area contributed by atoms with Crippen LogP contribution in [0.25, 0.3) is 0 Å². The van der Waals surface area contributed by atoms with E-state index in [4.69, 9.17) is 4.74 Å². The second-order valence-corrected chi connectivity index (χ2v) is 6.77. The summed E-state index contributed by atoms with van der Waals surface area (Å²) in [6.07, 6.45) is 1.99. The Kier molecular flexibility index (Phi) is 3.46. The molecule has 116 valence electrons. The Balaban J connectivity index is 1.44. The molecule has 2 fully saturated rings. The van der Waals surface area contributed by atoms with Gasteiger partial charge in [-0.1, -0.05) is 0 Å². The smallest absolute Gasteiger partial charge is 0.254 e. The first-order chi connectivity index (χ1) is 10.7. The highest BCUT2D eigenvalue weighted by Gasteiger charge is 2.42. The number of likely N-dealkylation sites (tertiary alicyclic amines) is 1. The number of hydrogen-bond acceptors (Lipinski definition) is 5. The Morgan fingerprint density at radius 2 is 2.45 bits per heavy atom. The Bertz CT molecular complexity index is 669. The maximum Gasteiger partial charge on any atom is 0.254 e. The summed E-state index contributed by atoms with van der Waals surface area (Å²) < 4.78 is 6.13. The van der Waals surface area contributed by atoms with E-state index in [1.165, 1.54) is 0 Å². The van der Waals surface area contributed by atoms with Crippen LogP contribution in [0, 0.1) is 12.8 Å². The highest BCUT2D eigenvalue weighted by Crippen LogP contribution is 2.40. The fourth-order valence-electron chi connectivity index (χ4n) is 3.35. The van der Waals surface area contributed by atoms with Crippen molar-refractivity contribution in [3.05, 3.63) is 34.0 Å². The van der Waals surface area contributed by atoms with E-state index >= 15 is 0 Å². The summed E-state index contributed by atoms with van der Waals surface area (Å²) >= 11 is 1.55. The van der Waals surface area contributed by atoms with Crippen LogP contribution < -0.4 is 0 Å². The topological polar surface area (TPSA) is 71.1 Å². The molecule has 1 amide bonds. The van der Waals surface area contributed by atoms with E-state index in [1.54, 1.807) is 11.3 Å². The molecule has 3 atom stereocenters. The van der Waals surface area contributed by atoms with Gasteiger partial charge in [0.2, 0.25) is 0 Å². The van der Waals surface area contributed by atoms with Crippen molar-refractivity contribution in [3.8, 4) is 0 Å². The van der Waals surface area contributed by atoms with E-state index < -0.39 is 0 Å². The molecule has 0 bridgehead atoms. The fraction of sp³-hybridized carbons (Fsp3) is 0.533. The van der Waals surface area contributed by atoms with Gasteiger partial charge in [-0.15, -0.1) is 0 Å². The van der Waals surface area contributed by atoms with E-state index in [-0.39, 0.29) is 18.1 Å². The number of hydrogen-bond donors (Lipinski definition) is 1. The van der Waals surface area contributed by atoms with Crippen LogP contribution in [-0.2, 0) is 4.74 Å². The second-order valence-electron chi connectivity index (χ2n) is 5.99. The number of aryl methyl sites for hydroxylation is 1. The third kappa shape index (κ3) is 2.44. The van der Waals surface area contributed by atoms with Gasteiger partial charge >= 0.3 is 0 Å². The van der Waals surface area contributed by atoms with Gasteiger partial charge < -0.3 is 9.64 Å². The molecule has 2 aliphatic heterocycles. The van der Waals surface area contributed by atoms with Crippen molar-refractivity contribution in [1.82, 2.24) is 20.1 Å². The van der Waals surface area contributed by atoms with Crippen molar-refractivity contribution < 1.29 is 9.53 Å². The second kappa shape index (κ2) is 5.48. The Labute approximate surface area is 132 Å². The standard InChI is InChI=1S/C15H18N4O2S/c1-9-16-14(18-17-9)12-6-10-2-4-19(7-13(10)21-12)15(20)11-3-5-22-8-11/h3,5,8,10,12-13H,2,4,6-7H2,1H3,(H,16,17,18)/t10-,12+,13+/m1/s1. The summed E-state index contributed by atoms with van der Waals surface area (Å²) in [5.74, 6) is 2.15. The summed E-state index contributed by atoms with van der Waals surface area (Å²) in [5, 5.41) is 10.9. The van der Waals surface area contributed by atoms with Crippen LogP contribution in [0.5, 0.6) is 0 Å². The first-order valence-electron chi connectivity index (χ1n) is 7.56. The van der Waals surface area contributed by atoms with Gasteiger partial charge in [-0.25, -0.2) is 4.98 Å². The van der Waals surface area contributed by atoms with Crippen molar-refractivity contribution in [3.63, 3.8) is 0 Å². The van der Waals surface area contributed by atoms with Crippen molar-refractivity contribution in [2.45, 2.75) is 32.0 Å². The normalized spacial score (nSPS) is 27.9. The summed E-state index contributed by atoms with van der Waals surface area (Å²) in [5.41, 5.74) is 0.780. The molecule has 6 nitrogen and oxygen atoms in total. The van der Waals surface area contributed by atoms with E-state index in [0.29, 0.717) is 12.5 Å². The third-order valence-electron chi connectivity index (χ3n) is 4.51. The first-order valence-corrected chi connectivity index (χ1v) is 8.51. The largest absolute Gasteiger partial charge is 0.365 e. The minimum atomic E-state index is -0.0452. The van der Waals surface area contributed by atoms with Crippen LogP contribution in [0.4, 0.5) is 0 Å². The van der Waals surface area contributed by atoms with Gasteiger partial charge in [-0.3, -0.25) is 9.89 Å². The predicted octanol–water partition coefficient (Wildman–Crippen LogP) is 2.17. The molecule has 2 aromatic heterocycles. The van der Waals surface area contributed by atoms with Crippen molar-refractivity contribution in [2.75, 3.05) is 13.1 Å². The number of ether oxygens (including phenoxy) is 1. The minimum absolute atomic E-state index is 0.0452. The molecule has 0 aromatic carbocycles. The number of rotatable bonds is 2. The number of nitrogens with zero attached hydrogens (tertiary/aromatic N) is 3. The minimum Gasteiger partial charge on any atom is -0.365 e. The number of aromatic nitrogens is 3. The molecule has 2 aromatic rings. The summed E-state index contributed by atoms with van der Waals surface area (Å²) in [6, 6.07) is 1.88. The molecule has 0 unspecified atom stereocenters. The van der Waals surface area contributed by atoms with Crippen LogP contribution in [0.15, 0.2) is 16.8 Å². The maximum absolute atomic E-state index is 12.5. The number of H-pyrrole nitrogens is 1. The van der Waals surface area contributed by atoms with Crippen molar-refractivity contribution in [1.29, 1.82) is 0 Å². The van der Waals surface area contributed by atoms with Crippen LogP contribution in [0.2, 0.25) is 0 Å². The number of carbonyl (C=O) groups is 1. The molecule has 0 radical (unpaired) electrons. The lowest BCUT2D eigenvalue weighted by Gasteiger charge is -2.33. The van der Waals surface area contributed by atoms with E-state index in [9.17, 15) is 4.79 Å². The lowest BCUT2D eigenvalue weighted by Crippen LogP contribution is -2.45. The maximum atomic E-state index is 12.5. The van der Waals surface area contributed by atoms with Gasteiger partial charge in [-0.05, 0) is 37.1 Å². The molecular weight excluding hydrogens is 300 g/mol. The zero-order chi connectivity index (χ0) is 15.1. The quantitative estimate of drug-likeness (QED) is 0.921. The fourth-order valence-corrected chi connectivity index (χ4v) is 3.98. The molecule has 2 saturated heterocycles. The van der Waals surface area contributed by atoms with E-state index in [2.05, 4.69) is 15.2 Å². The zero-order valence-electron chi connectivity index (χ0n) is 12.4. The lowest BCUT2D eigenvalue weighted by molar-refractivity contribution is -0.00681. The Morgan fingerprint density at radius 1 is 1.55 bits per heavy atom. The Hall–Kier alpha value is -1.73. The molecule has 4 heterocycles. The number of thiophene rings is 1. The molecule has 1 N–H and O–H groups in total.